The number of nitrogens with zero attached hydrogens (tertiary/aromatic N) is 2. The van der Waals surface area contributed by atoms with E-state index < -0.39 is 17.7 Å². The third-order valence-electron chi connectivity index (χ3n) is 4.39. The van der Waals surface area contributed by atoms with Gasteiger partial charge in [0.05, 0.1) is 24.5 Å². The molecule has 1 atom stereocenters. The van der Waals surface area contributed by atoms with Gasteiger partial charge in [0.15, 0.2) is 0 Å². The van der Waals surface area contributed by atoms with Crippen LogP contribution in [0.25, 0.3) is 5.69 Å². The first-order valence-electron chi connectivity index (χ1n) is 7.89. The van der Waals surface area contributed by atoms with Crippen molar-refractivity contribution < 1.29 is 14.6 Å². The first-order chi connectivity index (χ1) is 11.9. The van der Waals surface area contributed by atoms with Crippen LogP contribution < -0.4 is 17.0 Å². The SMILES string of the molecule is Cn1c2c(c(=O)n(-c3ccc(CC(N)C(=O)O)cc3)c1=O)COCC2. The van der Waals surface area contributed by atoms with Crippen molar-refractivity contribution in [2.45, 2.75) is 25.5 Å². The van der Waals surface area contributed by atoms with Gasteiger partial charge >= 0.3 is 11.7 Å². The normalized spacial score (nSPS) is 14.8. The molecule has 0 aliphatic carbocycles. The summed E-state index contributed by atoms with van der Waals surface area (Å²) in [5.41, 5.74) is 7.06. The van der Waals surface area contributed by atoms with Gasteiger partial charge in [-0.1, -0.05) is 12.1 Å². The zero-order valence-electron chi connectivity index (χ0n) is 13.8. The molecule has 132 valence electrons. The van der Waals surface area contributed by atoms with Crippen molar-refractivity contribution in [1.29, 1.82) is 0 Å². The molecule has 2 heterocycles. The molecule has 8 nitrogen and oxygen atoms in total. The number of nitrogens with two attached hydrogens (primary N) is 1. The molecule has 0 saturated carbocycles. The Bertz CT molecular complexity index is 927. The number of benzene rings is 1. The van der Waals surface area contributed by atoms with E-state index in [1.807, 2.05) is 0 Å². The van der Waals surface area contributed by atoms with Gasteiger partial charge in [-0.05, 0) is 24.1 Å². The van der Waals surface area contributed by atoms with E-state index in [0.29, 0.717) is 35.5 Å². The minimum Gasteiger partial charge on any atom is -0.480 e. The van der Waals surface area contributed by atoms with Crippen LogP contribution in [0.3, 0.4) is 0 Å². The quantitative estimate of drug-likeness (QED) is 0.776. The van der Waals surface area contributed by atoms with Gasteiger partial charge in [0, 0.05) is 19.2 Å². The van der Waals surface area contributed by atoms with Gasteiger partial charge < -0.3 is 15.6 Å². The number of carboxylic acid groups (broad SMARTS) is 1. The van der Waals surface area contributed by atoms with Crippen LogP contribution in [0.4, 0.5) is 0 Å². The van der Waals surface area contributed by atoms with Gasteiger partial charge in [-0.3, -0.25) is 14.2 Å². The van der Waals surface area contributed by atoms with Crippen LogP contribution in [0, 0.1) is 0 Å². The summed E-state index contributed by atoms with van der Waals surface area (Å²) in [4.78, 5) is 36.1. The summed E-state index contributed by atoms with van der Waals surface area (Å²) >= 11 is 0. The standard InChI is InChI=1S/C17H19N3O5/c1-19-14-6-7-25-9-12(14)15(21)20(17(19)24)11-4-2-10(3-5-11)8-13(18)16(22)23/h2-5,13H,6-9,18H2,1H3,(H,22,23). The molecule has 3 N–H and O–H groups in total. The molecule has 0 fully saturated rings. The molecule has 1 aromatic carbocycles. The zero-order chi connectivity index (χ0) is 18.1. The molecule has 0 bridgehead atoms. The highest BCUT2D eigenvalue weighted by Gasteiger charge is 2.21. The van der Waals surface area contributed by atoms with Crippen molar-refractivity contribution in [3.8, 4) is 5.69 Å². The van der Waals surface area contributed by atoms with Crippen LogP contribution in [0.2, 0.25) is 0 Å². The highest BCUT2D eigenvalue weighted by molar-refractivity contribution is 5.73. The summed E-state index contributed by atoms with van der Waals surface area (Å²) in [7, 11) is 1.64. The van der Waals surface area contributed by atoms with Crippen LogP contribution in [-0.2, 0) is 36.0 Å². The Morgan fingerprint density at radius 1 is 1.32 bits per heavy atom. The van der Waals surface area contributed by atoms with Gasteiger partial charge in [-0.15, -0.1) is 0 Å². The number of hydrogen-bond acceptors (Lipinski definition) is 5. The number of carboxylic acids is 1. The maximum Gasteiger partial charge on any atom is 0.335 e. The minimum atomic E-state index is -1.08. The lowest BCUT2D eigenvalue weighted by Gasteiger charge is -2.20. The molecule has 25 heavy (non-hydrogen) atoms. The van der Waals surface area contributed by atoms with Gasteiger partial charge in [-0.2, -0.15) is 0 Å². The first-order valence-corrected chi connectivity index (χ1v) is 7.89. The van der Waals surface area contributed by atoms with Crippen LogP contribution in [0.15, 0.2) is 33.9 Å². The Hall–Kier alpha value is -2.71. The first kappa shape index (κ1) is 17.1. The lowest BCUT2D eigenvalue weighted by molar-refractivity contribution is -0.138. The van der Waals surface area contributed by atoms with E-state index in [4.69, 9.17) is 15.6 Å². The molecule has 8 heteroatoms. The predicted octanol–water partition coefficient (Wildman–Crippen LogP) is -0.437. The number of ether oxygens (including phenoxy) is 1. The molecule has 1 aliphatic heterocycles. The van der Waals surface area contributed by atoms with E-state index >= 15 is 0 Å². The number of aliphatic carboxylic acids is 1. The Balaban J connectivity index is 2.03. The molecule has 1 unspecified atom stereocenters. The van der Waals surface area contributed by atoms with Crippen molar-refractivity contribution in [2.75, 3.05) is 6.61 Å². The average molecular weight is 345 g/mol. The summed E-state index contributed by atoms with van der Waals surface area (Å²) < 4.78 is 7.93. The van der Waals surface area contributed by atoms with Gasteiger partial charge in [0.2, 0.25) is 0 Å². The van der Waals surface area contributed by atoms with Crippen LogP contribution >= 0.6 is 0 Å². The molecular weight excluding hydrogens is 326 g/mol. The fourth-order valence-electron chi connectivity index (χ4n) is 2.97. The molecule has 3 rings (SSSR count). The summed E-state index contributed by atoms with van der Waals surface area (Å²) in [6.45, 7) is 0.677. The summed E-state index contributed by atoms with van der Waals surface area (Å²) in [5.74, 6) is -1.08. The lowest BCUT2D eigenvalue weighted by atomic mass is 10.1. The summed E-state index contributed by atoms with van der Waals surface area (Å²) in [5, 5.41) is 8.87. The van der Waals surface area contributed by atoms with Crippen LogP contribution in [0.5, 0.6) is 0 Å². The molecule has 0 radical (unpaired) electrons. The third kappa shape index (κ3) is 3.13. The number of carbonyl (C=O) groups is 1. The molecule has 1 aliphatic rings. The van der Waals surface area contributed by atoms with Crippen molar-refractivity contribution in [2.24, 2.45) is 12.8 Å². The van der Waals surface area contributed by atoms with Crippen LogP contribution in [-0.4, -0.2) is 32.9 Å². The Labute approximate surface area is 143 Å². The highest BCUT2D eigenvalue weighted by atomic mass is 16.5. The second kappa shape index (κ2) is 6.66. The molecule has 1 aromatic heterocycles. The number of aromatic nitrogens is 2. The Morgan fingerprint density at radius 2 is 2.00 bits per heavy atom. The molecule has 0 spiro atoms. The number of hydrogen-bond donors (Lipinski definition) is 2. The monoisotopic (exact) mass is 345 g/mol. The van der Waals surface area contributed by atoms with E-state index in [-0.39, 0.29) is 18.6 Å². The lowest BCUT2D eigenvalue weighted by Crippen LogP contribution is -2.43. The Kier molecular flexibility index (Phi) is 4.56. The second-order valence-corrected chi connectivity index (χ2v) is 6.03. The summed E-state index contributed by atoms with van der Waals surface area (Å²) in [6, 6.07) is 5.56. The van der Waals surface area contributed by atoms with E-state index in [9.17, 15) is 14.4 Å². The van der Waals surface area contributed by atoms with Gasteiger partial charge in [0.25, 0.3) is 5.56 Å². The maximum atomic E-state index is 12.7. The van der Waals surface area contributed by atoms with E-state index in [0.717, 1.165) is 4.57 Å². The smallest absolute Gasteiger partial charge is 0.335 e. The van der Waals surface area contributed by atoms with Crippen molar-refractivity contribution in [3.63, 3.8) is 0 Å². The maximum absolute atomic E-state index is 12.7. The van der Waals surface area contributed by atoms with Crippen molar-refractivity contribution in [1.82, 2.24) is 9.13 Å². The molecule has 0 saturated heterocycles. The number of fused-ring (bicyclic) bond motifs is 1. The minimum absolute atomic E-state index is 0.167. The fraction of sp³-hybridized carbons (Fsp3) is 0.353. The van der Waals surface area contributed by atoms with Crippen LogP contribution in [0.1, 0.15) is 16.8 Å². The second-order valence-electron chi connectivity index (χ2n) is 6.03. The number of rotatable bonds is 4. The fourth-order valence-corrected chi connectivity index (χ4v) is 2.97. The van der Waals surface area contributed by atoms with Crippen molar-refractivity contribution in [3.05, 3.63) is 61.9 Å². The zero-order valence-corrected chi connectivity index (χ0v) is 13.8. The van der Waals surface area contributed by atoms with E-state index in [2.05, 4.69) is 0 Å². The molecule has 2 aromatic rings. The molecular formula is C17H19N3O5. The van der Waals surface area contributed by atoms with Crippen molar-refractivity contribution >= 4 is 5.97 Å². The Morgan fingerprint density at radius 3 is 2.64 bits per heavy atom. The van der Waals surface area contributed by atoms with Gasteiger partial charge in [0.1, 0.15) is 6.04 Å². The third-order valence-corrected chi connectivity index (χ3v) is 4.39. The summed E-state index contributed by atoms with van der Waals surface area (Å²) in [6.07, 6.45) is 0.698. The predicted molar refractivity (Wildman–Crippen MR) is 90.0 cm³/mol. The van der Waals surface area contributed by atoms with E-state index in [1.165, 1.54) is 4.57 Å². The highest BCUT2D eigenvalue weighted by Crippen LogP contribution is 2.13. The molecule has 0 amide bonds. The van der Waals surface area contributed by atoms with Gasteiger partial charge in [-0.25, -0.2) is 9.36 Å². The largest absolute Gasteiger partial charge is 0.480 e. The topological polar surface area (TPSA) is 117 Å². The average Bonchev–Trinajstić information content (AvgIpc) is 2.61. The van der Waals surface area contributed by atoms with E-state index in [1.54, 1.807) is 31.3 Å².